The zero-order chi connectivity index (χ0) is 22.8. The summed E-state index contributed by atoms with van der Waals surface area (Å²) in [5.41, 5.74) is -1.19. The second-order valence-corrected chi connectivity index (χ2v) is 9.48. The zero-order valence-corrected chi connectivity index (χ0v) is 18.2. The summed E-state index contributed by atoms with van der Waals surface area (Å²) in [4.78, 5) is 12.1. The summed E-state index contributed by atoms with van der Waals surface area (Å²) in [5.74, 6) is -0.676. The molecule has 2 aromatic rings. The maximum absolute atomic E-state index is 12.9. The van der Waals surface area contributed by atoms with Crippen molar-refractivity contribution in [3.63, 3.8) is 0 Å². The molecule has 1 fully saturated rings. The second kappa shape index (κ2) is 9.23. The molecule has 0 saturated carbocycles. The van der Waals surface area contributed by atoms with Gasteiger partial charge in [-0.25, -0.2) is 8.42 Å². The van der Waals surface area contributed by atoms with Gasteiger partial charge in [-0.05, 0) is 49.2 Å². The minimum absolute atomic E-state index is 0.0112. The van der Waals surface area contributed by atoms with E-state index in [1.54, 1.807) is 0 Å². The number of nitrogens with zero attached hydrogens (tertiary/aromatic N) is 1. The Kier molecular flexibility index (Phi) is 7.04. The number of hydrogen-bond donors (Lipinski definition) is 1. The van der Waals surface area contributed by atoms with Gasteiger partial charge in [-0.3, -0.25) is 4.79 Å². The predicted molar refractivity (Wildman–Crippen MR) is 110 cm³/mol. The van der Waals surface area contributed by atoms with Gasteiger partial charge in [-0.1, -0.05) is 23.2 Å². The average Bonchev–Trinajstić information content (AvgIpc) is 3.23. The van der Waals surface area contributed by atoms with Gasteiger partial charge in [-0.15, -0.1) is 0 Å². The Balaban J connectivity index is 1.64. The molecule has 1 saturated heterocycles. The Morgan fingerprint density at radius 1 is 1.06 bits per heavy atom. The Labute approximate surface area is 186 Å². The zero-order valence-electron chi connectivity index (χ0n) is 15.9. The summed E-state index contributed by atoms with van der Waals surface area (Å²) in [6, 6.07) is 6.84. The van der Waals surface area contributed by atoms with E-state index in [2.05, 4.69) is 5.32 Å². The van der Waals surface area contributed by atoms with Crippen LogP contribution in [0.25, 0.3) is 0 Å². The molecule has 0 spiro atoms. The third kappa shape index (κ3) is 5.62. The molecule has 0 bridgehead atoms. The van der Waals surface area contributed by atoms with E-state index >= 15 is 0 Å². The first-order chi connectivity index (χ1) is 14.5. The molecule has 0 unspecified atom stereocenters. The van der Waals surface area contributed by atoms with Crippen molar-refractivity contribution in [1.29, 1.82) is 0 Å². The molecule has 0 aromatic heterocycles. The number of anilines is 1. The molecule has 1 amide bonds. The third-order valence-electron chi connectivity index (χ3n) is 4.52. The van der Waals surface area contributed by atoms with Crippen LogP contribution in [-0.2, 0) is 21.0 Å². The Hall–Kier alpha value is -2.01. The first-order valence-electron chi connectivity index (χ1n) is 9.07. The number of carbonyl (C=O) groups excluding carboxylic acids is 1. The Bertz CT molecular complexity index is 1090. The van der Waals surface area contributed by atoms with E-state index in [1.807, 2.05) is 0 Å². The highest BCUT2D eigenvalue weighted by molar-refractivity contribution is 7.89. The molecule has 1 aliphatic rings. The fourth-order valence-corrected chi connectivity index (χ4v) is 5.07. The Morgan fingerprint density at radius 2 is 1.74 bits per heavy atom. The predicted octanol–water partition coefficient (Wildman–Crippen LogP) is 4.81. The first-order valence-corrected chi connectivity index (χ1v) is 11.3. The maximum Gasteiger partial charge on any atom is 0.417 e. The molecule has 168 valence electrons. The molecule has 0 radical (unpaired) electrons. The third-order valence-corrected chi connectivity index (χ3v) is 7.04. The van der Waals surface area contributed by atoms with Crippen molar-refractivity contribution in [3.05, 3.63) is 52.0 Å². The number of nitrogens with one attached hydrogen (secondary N) is 1. The molecule has 1 heterocycles. The van der Waals surface area contributed by atoms with E-state index < -0.39 is 39.3 Å². The van der Waals surface area contributed by atoms with Crippen LogP contribution in [0.2, 0.25) is 10.0 Å². The number of sulfonamides is 1. The lowest BCUT2D eigenvalue weighted by atomic mass is 10.2. The van der Waals surface area contributed by atoms with Gasteiger partial charge >= 0.3 is 6.18 Å². The Morgan fingerprint density at radius 3 is 2.35 bits per heavy atom. The van der Waals surface area contributed by atoms with Crippen molar-refractivity contribution in [2.45, 2.75) is 23.9 Å². The summed E-state index contributed by atoms with van der Waals surface area (Å²) >= 11 is 11.6. The van der Waals surface area contributed by atoms with E-state index in [0.29, 0.717) is 19.2 Å². The van der Waals surface area contributed by atoms with Gasteiger partial charge in [0.05, 0.1) is 20.5 Å². The van der Waals surface area contributed by atoms with Crippen LogP contribution < -0.4 is 10.1 Å². The van der Waals surface area contributed by atoms with Crippen LogP contribution >= 0.6 is 23.2 Å². The summed E-state index contributed by atoms with van der Waals surface area (Å²) < 4.78 is 70.5. The van der Waals surface area contributed by atoms with Crippen molar-refractivity contribution in [1.82, 2.24) is 4.31 Å². The largest absolute Gasteiger partial charge is 0.482 e. The number of benzene rings is 2. The minimum Gasteiger partial charge on any atom is -0.482 e. The van der Waals surface area contributed by atoms with Crippen LogP contribution in [0.1, 0.15) is 18.4 Å². The van der Waals surface area contributed by atoms with E-state index in [-0.39, 0.29) is 21.4 Å². The monoisotopic (exact) mass is 496 g/mol. The normalized spacial score (nSPS) is 15.1. The highest BCUT2D eigenvalue weighted by Gasteiger charge is 2.33. The fourth-order valence-electron chi connectivity index (χ4n) is 3.00. The molecule has 31 heavy (non-hydrogen) atoms. The fraction of sp³-hybridized carbons (Fsp3) is 0.316. The van der Waals surface area contributed by atoms with Crippen LogP contribution in [0.4, 0.5) is 18.9 Å². The van der Waals surface area contributed by atoms with E-state index in [9.17, 15) is 26.4 Å². The van der Waals surface area contributed by atoms with Crippen LogP contribution in [0.3, 0.4) is 0 Å². The van der Waals surface area contributed by atoms with Gasteiger partial charge in [0.2, 0.25) is 10.0 Å². The minimum atomic E-state index is -4.67. The molecule has 12 heteroatoms. The van der Waals surface area contributed by atoms with Gasteiger partial charge < -0.3 is 10.1 Å². The summed E-state index contributed by atoms with van der Waals surface area (Å²) in [6.45, 7) is 0.334. The van der Waals surface area contributed by atoms with Crippen LogP contribution in [0, 0.1) is 0 Å². The van der Waals surface area contributed by atoms with Gasteiger partial charge in [0.1, 0.15) is 5.75 Å². The van der Waals surface area contributed by atoms with Gasteiger partial charge in [-0.2, -0.15) is 17.5 Å². The van der Waals surface area contributed by atoms with Crippen molar-refractivity contribution < 1.29 is 31.1 Å². The molecule has 0 atom stereocenters. The highest BCUT2D eigenvalue weighted by atomic mass is 35.5. The van der Waals surface area contributed by atoms with Gasteiger partial charge in [0.25, 0.3) is 5.91 Å². The average molecular weight is 497 g/mol. The molecular weight excluding hydrogens is 480 g/mol. The SMILES string of the molecule is O=C(COc1ccc(S(=O)(=O)N2CCCC2)cc1Cl)Nc1ccc(Cl)c(C(F)(F)F)c1. The summed E-state index contributed by atoms with van der Waals surface area (Å²) in [5, 5.41) is 1.77. The van der Waals surface area contributed by atoms with E-state index in [0.717, 1.165) is 18.9 Å². The lowest BCUT2D eigenvalue weighted by Crippen LogP contribution is -2.27. The van der Waals surface area contributed by atoms with Crippen molar-refractivity contribution in [3.8, 4) is 5.75 Å². The number of amides is 1. The van der Waals surface area contributed by atoms with E-state index in [1.165, 1.54) is 28.6 Å². The van der Waals surface area contributed by atoms with Crippen LogP contribution in [0.5, 0.6) is 5.75 Å². The van der Waals surface area contributed by atoms with Crippen LogP contribution in [0.15, 0.2) is 41.3 Å². The lowest BCUT2D eigenvalue weighted by Gasteiger charge is -2.16. The van der Waals surface area contributed by atoms with E-state index in [4.69, 9.17) is 27.9 Å². The first kappa shape index (κ1) is 23.6. The molecule has 2 aromatic carbocycles. The quantitative estimate of drug-likeness (QED) is 0.622. The van der Waals surface area contributed by atoms with Crippen molar-refractivity contribution in [2.24, 2.45) is 0 Å². The van der Waals surface area contributed by atoms with Crippen molar-refractivity contribution >= 4 is 44.8 Å². The lowest BCUT2D eigenvalue weighted by molar-refractivity contribution is -0.137. The second-order valence-electron chi connectivity index (χ2n) is 6.73. The smallest absolute Gasteiger partial charge is 0.417 e. The number of rotatable bonds is 6. The number of hydrogen-bond acceptors (Lipinski definition) is 4. The number of carbonyl (C=O) groups is 1. The van der Waals surface area contributed by atoms with Crippen molar-refractivity contribution in [2.75, 3.05) is 25.0 Å². The summed E-state index contributed by atoms with van der Waals surface area (Å²) in [7, 11) is -3.66. The molecule has 1 N–H and O–H groups in total. The molecular formula is C19H17Cl2F3N2O4S. The molecule has 3 rings (SSSR count). The molecule has 6 nitrogen and oxygen atoms in total. The standard InChI is InChI=1S/C19H17Cl2F3N2O4S/c20-15-5-3-12(9-14(15)19(22,23)24)25-18(27)11-30-17-6-4-13(10-16(17)21)31(28,29)26-7-1-2-8-26/h3-6,9-10H,1-2,7-8,11H2,(H,25,27). The van der Waals surface area contributed by atoms with Crippen LogP contribution in [-0.4, -0.2) is 38.3 Å². The molecule has 0 aliphatic carbocycles. The molecule has 1 aliphatic heterocycles. The topological polar surface area (TPSA) is 75.7 Å². The number of alkyl halides is 3. The van der Waals surface area contributed by atoms with Gasteiger partial charge in [0, 0.05) is 18.8 Å². The number of ether oxygens (including phenoxy) is 1. The highest BCUT2D eigenvalue weighted by Crippen LogP contribution is 2.36. The maximum atomic E-state index is 12.9. The number of halogens is 5. The van der Waals surface area contributed by atoms with Gasteiger partial charge in [0.15, 0.2) is 6.61 Å². The summed E-state index contributed by atoms with van der Waals surface area (Å²) in [6.07, 6.45) is -3.08.